The molecule has 26 heavy (non-hydrogen) atoms. The van der Waals surface area contributed by atoms with Crippen LogP contribution in [0.15, 0.2) is 35.5 Å². The summed E-state index contributed by atoms with van der Waals surface area (Å²) in [6, 6.07) is 3.73. The van der Waals surface area contributed by atoms with Gasteiger partial charge in [0.25, 0.3) is 5.89 Å². The number of hydrogen-bond acceptors (Lipinski definition) is 7. The number of likely N-dealkylation sites (N-methyl/N-ethyl adjacent to an activating group) is 2. The predicted molar refractivity (Wildman–Crippen MR) is 102 cm³/mol. The van der Waals surface area contributed by atoms with E-state index in [9.17, 15) is 0 Å². The Morgan fingerprint density at radius 2 is 2.08 bits per heavy atom. The molecule has 0 amide bonds. The van der Waals surface area contributed by atoms with Crippen molar-refractivity contribution in [3.05, 3.63) is 36.8 Å². The fourth-order valence-corrected chi connectivity index (χ4v) is 2.46. The summed E-state index contributed by atoms with van der Waals surface area (Å²) in [6.07, 6.45) is 5.49. The van der Waals surface area contributed by atoms with E-state index in [4.69, 9.17) is 9.26 Å². The lowest BCUT2D eigenvalue weighted by Crippen LogP contribution is -2.37. The first-order chi connectivity index (χ1) is 12.5. The first-order valence-electron chi connectivity index (χ1n) is 8.85. The summed E-state index contributed by atoms with van der Waals surface area (Å²) in [6.45, 7) is 8.44. The van der Waals surface area contributed by atoms with Gasteiger partial charge in [0.05, 0.1) is 5.56 Å². The molecular weight excluding hydrogens is 330 g/mol. The van der Waals surface area contributed by atoms with E-state index in [0.717, 1.165) is 38.0 Å². The van der Waals surface area contributed by atoms with E-state index in [-0.39, 0.29) is 6.10 Å². The molecule has 0 fully saturated rings. The van der Waals surface area contributed by atoms with E-state index in [1.807, 2.05) is 18.2 Å². The second kappa shape index (κ2) is 10.0. The number of allylic oxidation sites excluding steroid dienone is 1. The minimum Gasteiger partial charge on any atom is -0.473 e. The van der Waals surface area contributed by atoms with Gasteiger partial charge in [-0.15, -0.1) is 6.58 Å². The van der Waals surface area contributed by atoms with E-state index >= 15 is 0 Å². The van der Waals surface area contributed by atoms with E-state index in [2.05, 4.69) is 52.6 Å². The molecule has 0 aromatic carbocycles. The summed E-state index contributed by atoms with van der Waals surface area (Å²) >= 11 is 0. The summed E-state index contributed by atoms with van der Waals surface area (Å²) in [4.78, 5) is 13.1. The van der Waals surface area contributed by atoms with Crippen LogP contribution in [0.4, 0.5) is 0 Å². The Morgan fingerprint density at radius 3 is 2.65 bits per heavy atom. The van der Waals surface area contributed by atoms with Crippen LogP contribution in [-0.4, -0.2) is 71.8 Å². The minimum absolute atomic E-state index is 0.0594. The lowest BCUT2D eigenvalue weighted by Gasteiger charge is -2.25. The molecule has 7 heteroatoms. The molecule has 2 heterocycles. The summed E-state index contributed by atoms with van der Waals surface area (Å²) < 4.78 is 11.3. The maximum atomic E-state index is 6.11. The Balaban J connectivity index is 1.96. The Morgan fingerprint density at radius 1 is 1.27 bits per heavy atom. The highest BCUT2D eigenvalue weighted by Gasteiger charge is 2.15. The Bertz CT molecular complexity index is 669. The Hall–Kier alpha value is -2.25. The summed E-state index contributed by atoms with van der Waals surface area (Å²) in [5.74, 6) is 1.67. The molecule has 2 aromatic rings. The van der Waals surface area contributed by atoms with Crippen LogP contribution in [0, 0.1) is 6.92 Å². The smallest absolute Gasteiger partial charge is 0.259 e. The fraction of sp³-hybridized carbons (Fsp3) is 0.526. The molecule has 0 N–H and O–H groups in total. The zero-order valence-corrected chi connectivity index (χ0v) is 16.2. The van der Waals surface area contributed by atoms with Gasteiger partial charge in [0, 0.05) is 31.9 Å². The molecule has 0 aliphatic rings. The Kier molecular flexibility index (Phi) is 7.74. The molecule has 0 saturated carbocycles. The molecule has 2 rings (SSSR count). The summed E-state index contributed by atoms with van der Waals surface area (Å²) in [5.41, 5.74) is 0.781. The van der Waals surface area contributed by atoms with Crippen LogP contribution < -0.4 is 4.74 Å². The monoisotopic (exact) mass is 359 g/mol. The number of aryl methyl sites for hydroxylation is 1. The zero-order valence-electron chi connectivity index (χ0n) is 16.2. The van der Waals surface area contributed by atoms with Gasteiger partial charge in [-0.25, -0.2) is 4.98 Å². The van der Waals surface area contributed by atoms with Crippen molar-refractivity contribution in [3.63, 3.8) is 0 Å². The largest absolute Gasteiger partial charge is 0.473 e. The zero-order chi connectivity index (χ0) is 18.9. The van der Waals surface area contributed by atoms with Gasteiger partial charge in [-0.2, -0.15) is 4.98 Å². The average Bonchev–Trinajstić information content (AvgIpc) is 3.05. The first kappa shape index (κ1) is 20.1. The van der Waals surface area contributed by atoms with Gasteiger partial charge in [0.15, 0.2) is 5.82 Å². The first-order valence-corrected chi connectivity index (χ1v) is 8.85. The van der Waals surface area contributed by atoms with Gasteiger partial charge in [-0.05, 0) is 47.0 Å². The molecule has 142 valence electrons. The number of ether oxygens (including phenoxy) is 1. The van der Waals surface area contributed by atoms with Crippen LogP contribution in [0.1, 0.15) is 18.7 Å². The van der Waals surface area contributed by atoms with Gasteiger partial charge >= 0.3 is 0 Å². The van der Waals surface area contributed by atoms with Crippen LogP contribution in [-0.2, 0) is 0 Å². The van der Waals surface area contributed by atoms with Crippen LogP contribution in [0.3, 0.4) is 0 Å². The number of pyridine rings is 1. The lowest BCUT2D eigenvalue weighted by molar-refractivity contribution is 0.131. The third-order valence-corrected chi connectivity index (χ3v) is 3.94. The average molecular weight is 359 g/mol. The lowest BCUT2D eigenvalue weighted by atomic mass is 10.2. The Labute approximate surface area is 155 Å². The number of rotatable bonds is 11. The van der Waals surface area contributed by atoms with E-state index in [1.165, 1.54) is 0 Å². The molecule has 0 radical (unpaired) electrons. The van der Waals surface area contributed by atoms with Gasteiger partial charge in [0.1, 0.15) is 6.10 Å². The summed E-state index contributed by atoms with van der Waals surface area (Å²) in [7, 11) is 6.27. The number of aromatic nitrogens is 3. The van der Waals surface area contributed by atoms with Crippen molar-refractivity contribution >= 4 is 0 Å². The number of nitrogens with zero attached hydrogens (tertiary/aromatic N) is 5. The topological polar surface area (TPSA) is 67.5 Å². The predicted octanol–water partition coefficient (Wildman–Crippen LogP) is 2.65. The van der Waals surface area contributed by atoms with Crippen molar-refractivity contribution < 1.29 is 9.26 Å². The molecule has 1 unspecified atom stereocenters. The molecule has 0 aliphatic carbocycles. The van der Waals surface area contributed by atoms with Crippen LogP contribution in [0.5, 0.6) is 5.88 Å². The molecule has 0 spiro atoms. The molecule has 2 aromatic heterocycles. The summed E-state index contributed by atoms with van der Waals surface area (Å²) in [5, 5.41) is 3.80. The quantitative estimate of drug-likeness (QED) is 0.571. The highest BCUT2D eigenvalue weighted by Crippen LogP contribution is 2.19. The van der Waals surface area contributed by atoms with E-state index in [1.54, 1.807) is 13.1 Å². The second-order valence-corrected chi connectivity index (χ2v) is 6.70. The van der Waals surface area contributed by atoms with E-state index < -0.39 is 0 Å². The van der Waals surface area contributed by atoms with Crippen molar-refractivity contribution in [2.24, 2.45) is 0 Å². The normalized spacial score (nSPS) is 12.5. The van der Waals surface area contributed by atoms with Gasteiger partial charge in [-0.1, -0.05) is 11.2 Å². The van der Waals surface area contributed by atoms with E-state index in [0.29, 0.717) is 17.6 Å². The third-order valence-electron chi connectivity index (χ3n) is 3.94. The van der Waals surface area contributed by atoms with Crippen LogP contribution in [0.25, 0.3) is 11.5 Å². The molecular formula is C19H29N5O2. The van der Waals surface area contributed by atoms with Gasteiger partial charge in [0.2, 0.25) is 5.88 Å². The SMILES string of the molecule is C=CCCC(CN(C)CCN(C)C)Oc1ccc(-c2nc(C)no2)cn1. The standard InChI is InChI=1S/C19H29N5O2/c1-6-7-8-17(14-24(5)12-11-23(3)4)25-18-10-9-16(13-20-18)19-21-15(2)22-26-19/h6,9-10,13,17H,1,7-8,11-12,14H2,2-5H3. The molecule has 0 aliphatic heterocycles. The van der Waals surface area contributed by atoms with Crippen molar-refractivity contribution in [2.45, 2.75) is 25.9 Å². The maximum Gasteiger partial charge on any atom is 0.259 e. The van der Waals surface area contributed by atoms with Crippen molar-refractivity contribution in [3.8, 4) is 17.3 Å². The van der Waals surface area contributed by atoms with Crippen molar-refractivity contribution in [1.29, 1.82) is 0 Å². The number of hydrogen-bond donors (Lipinski definition) is 0. The highest BCUT2D eigenvalue weighted by molar-refractivity contribution is 5.51. The molecule has 0 saturated heterocycles. The van der Waals surface area contributed by atoms with Crippen molar-refractivity contribution in [2.75, 3.05) is 40.8 Å². The van der Waals surface area contributed by atoms with Gasteiger partial charge < -0.3 is 19.1 Å². The second-order valence-electron chi connectivity index (χ2n) is 6.70. The van der Waals surface area contributed by atoms with Crippen LogP contribution in [0.2, 0.25) is 0 Å². The molecule has 0 bridgehead atoms. The minimum atomic E-state index is 0.0594. The van der Waals surface area contributed by atoms with Gasteiger partial charge in [-0.3, -0.25) is 0 Å². The molecule has 1 atom stereocenters. The molecule has 7 nitrogen and oxygen atoms in total. The maximum absolute atomic E-state index is 6.11. The fourth-order valence-electron chi connectivity index (χ4n) is 2.46. The van der Waals surface area contributed by atoms with Crippen molar-refractivity contribution in [1.82, 2.24) is 24.9 Å². The van der Waals surface area contributed by atoms with Crippen LogP contribution >= 0.6 is 0 Å². The third kappa shape index (κ3) is 6.57. The highest BCUT2D eigenvalue weighted by atomic mass is 16.5.